The normalized spacial score (nSPS) is 11.6. The number of aromatic nitrogens is 2. The minimum absolute atomic E-state index is 0.186. The van der Waals surface area contributed by atoms with Gasteiger partial charge in [-0.15, -0.1) is 0 Å². The maximum Gasteiger partial charge on any atom is 0.433 e. The van der Waals surface area contributed by atoms with Gasteiger partial charge in [-0.05, 0) is 0 Å². The van der Waals surface area contributed by atoms with Crippen LogP contribution in [0.5, 0.6) is 0 Å². The SMILES string of the molecule is O=[N+]([O-])CCc1cn[nH]c1C(F)(F)F. The zero-order valence-electron chi connectivity index (χ0n) is 6.84. The van der Waals surface area contributed by atoms with Gasteiger partial charge in [0.1, 0.15) is 5.69 Å². The van der Waals surface area contributed by atoms with Gasteiger partial charge in [0.15, 0.2) is 0 Å². The number of hydrogen-bond acceptors (Lipinski definition) is 3. The van der Waals surface area contributed by atoms with Gasteiger partial charge in [-0.25, -0.2) is 0 Å². The van der Waals surface area contributed by atoms with Gasteiger partial charge in [0.2, 0.25) is 6.54 Å². The zero-order chi connectivity index (χ0) is 10.8. The molecular formula is C6H6F3N3O2. The van der Waals surface area contributed by atoms with Gasteiger partial charge in [0.05, 0.1) is 6.20 Å². The number of nitrogens with zero attached hydrogens (tertiary/aromatic N) is 2. The van der Waals surface area contributed by atoms with Crippen LogP contribution in [-0.2, 0) is 12.6 Å². The summed E-state index contributed by atoms with van der Waals surface area (Å²) in [4.78, 5) is 9.28. The van der Waals surface area contributed by atoms with Crippen molar-refractivity contribution in [3.8, 4) is 0 Å². The summed E-state index contributed by atoms with van der Waals surface area (Å²) in [7, 11) is 0. The lowest BCUT2D eigenvalue weighted by atomic mass is 10.2. The first-order chi connectivity index (χ1) is 6.41. The Kier molecular flexibility index (Phi) is 2.73. The Labute approximate surface area is 76.1 Å². The molecule has 0 bridgehead atoms. The Hall–Kier alpha value is -1.60. The highest BCUT2D eigenvalue weighted by molar-refractivity contribution is 5.19. The van der Waals surface area contributed by atoms with E-state index in [4.69, 9.17) is 0 Å². The van der Waals surface area contributed by atoms with Gasteiger partial charge in [-0.1, -0.05) is 0 Å². The van der Waals surface area contributed by atoms with Crippen molar-refractivity contribution in [1.82, 2.24) is 10.2 Å². The molecule has 0 fully saturated rings. The number of H-pyrrole nitrogens is 1. The Morgan fingerprint density at radius 1 is 1.57 bits per heavy atom. The highest BCUT2D eigenvalue weighted by Gasteiger charge is 2.35. The van der Waals surface area contributed by atoms with Crippen molar-refractivity contribution < 1.29 is 18.1 Å². The summed E-state index contributed by atoms with van der Waals surface area (Å²) in [5.74, 6) is 0. The number of rotatable bonds is 3. The summed E-state index contributed by atoms with van der Waals surface area (Å²) in [5, 5.41) is 14.9. The van der Waals surface area contributed by atoms with Gasteiger partial charge in [-0.2, -0.15) is 18.3 Å². The quantitative estimate of drug-likeness (QED) is 0.601. The van der Waals surface area contributed by atoms with Crippen LogP contribution in [0.3, 0.4) is 0 Å². The van der Waals surface area contributed by atoms with Crippen molar-refractivity contribution in [3.05, 3.63) is 27.6 Å². The van der Waals surface area contributed by atoms with Crippen molar-refractivity contribution in [1.29, 1.82) is 0 Å². The first-order valence-electron chi connectivity index (χ1n) is 3.62. The molecule has 78 valence electrons. The first kappa shape index (κ1) is 10.5. The highest BCUT2D eigenvalue weighted by atomic mass is 19.4. The molecule has 14 heavy (non-hydrogen) atoms. The van der Waals surface area contributed by atoms with Crippen LogP contribution in [0.25, 0.3) is 0 Å². The molecule has 0 atom stereocenters. The van der Waals surface area contributed by atoms with Gasteiger partial charge in [0, 0.05) is 16.9 Å². The molecular weight excluding hydrogens is 203 g/mol. The predicted octanol–water partition coefficient (Wildman–Crippen LogP) is 1.25. The molecule has 0 radical (unpaired) electrons. The first-order valence-corrected chi connectivity index (χ1v) is 3.62. The molecule has 0 amide bonds. The van der Waals surface area contributed by atoms with Crippen LogP contribution in [0.15, 0.2) is 6.20 Å². The van der Waals surface area contributed by atoms with E-state index in [0.717, 1.165) is 6.20 Å². The standard InChI is InChI=1S/C6H6F3N3O2/c7-6(8,9)5-4(3-10-11-5)1-2-12(13)14/h3H,1-2H2,(H,10,11). The summed E-state index contributed by atoms with van der Waals surface area (Å²) in [6.07, 6.45) is -3.87. The van der Waals surface area contributed by atoms with E-state index in [2.05, 4.69) is 5.10 Å². The second-order valence-electron chi connectivity index (χ2n) is 2.57. The smallest absolute Gasteiger partial charge is 0.273 e. The van der Waals surface area contributed by atoms with Crippen LogP contribution in [0.2, 0.25) is 0 Å². The van der Waals surface area contributed by atoms with Crippen LogP contribution in [0, 0.1) is 10.1 Å². The van der Waals surface area contributed by atoms with E-state index in [1.807, 2.05) is 0 Å². The molecule has 0 aliphatic carbocycles. The maximum atomic E-state index is 12.2. The van der Waals surface area contributed by atoms with Gasteiger partial charge >= 0.3 is 6.18 Å². The Bertz CT molecular complexity index is 333. The Morgan fingerprint density at radius 3 is 2.71 bits per heavy atom. The Balaban J connectivity index is 2.78. The fraction of sp³-hybridized carbons (Fsp3) is 0.500. The van der Waals surface area contributed by atoms with E-state index >= 15 is 0 Å². The van der Waals surface area contributed by atoms with Crippen LogP contribution in [0.4, 0.5) is 13.2 Å². The third kappa shape index (κ3) is 2.44. The average Bonchev–Trinajstić information content (AvgIpc) is 2.46. The van der Waals surface area contributed by atoms with Crippen molar-refractivity contribution >= 4 is 0 Å². The average molecular weight is 209 g/mol. The molecule has 1 N–H and O–H groups in total. The molecule has 0 saturated heterocycles. The topological polar surface area (TPSA) is 71.8 Å². The second-order valence-corrected chi connectivity index (χ2v) is 2.57. The molecule has 5 nitrogen and oxygen atoms in total. The van der Waals surface area contributed by atoms with E-state index in [1.165, 1.54) is 0 Å². The van der Waals surface area contributed by atoms with Gasteiger partial charge in [-0.3, -0.25) is 15.2 Å². The van der Waals surface area contributed by atoms with E-state index in [1.54, 1.807) is 5.10 Å². The van der Waals surface area contributed by atoms with E-state index < -0.39 is 23.3 Å². The lowest BCUT2D eigenvalue weighted by Gasteiger charge is -2.04. The number of aromatic amines is 1. The number of alkyl halides is 3. The maximum absolute atomic E-state index is 12.2. The molecule has 1 aromatic rings. The molecule has 1 rings (SSSR count). The summed E-state index contributed by atoms with van der Waals surface area (Å²) in [6, 6.07) is 0. The molecule has 0 unspecified atom stereocenters. The molecule has 8 heteroatoms. The summed E-state index contributed by atoms with van der Waals surface area (Å²) < 4.78 is 36.5. The van der Waals surface area contributed by atoms with Gasteiger partial charge in [0.25, 0.3) is 0 Å². The van der Waals surface area contributed by atoms with Gasteiger partial charge < -0.3 is 0 Å². The van der Waals surface area contributed by atoms with Crippen molar-refractivity contribution in [2.75, 3.05) is 6.54 Å². The highest BCUT2D eigenvalue weighted by Crippen LogP contribution is 2.30. The summed E-state index contributed by atoms with van der Waals surface area (Å²) in [5.41, 5.74) is -1.20. The molecule has 0 aliphatic rings. The monoisotopic (exact) mass is 209 g/mol. The lowest BCUT2D eigenvalue weighted by molar-refractivity contribution is -0.479. The van der Waals surface area contributed by atoms with Crippen LogP contribution < -0.4 is 0 Å². The predicted molar refractivity (Wildman–Crippen MR) is 39.2 cm³/mol. The van der Waals surface area contributed by atoms with E-state index in [0.29, 0.717) is 0 Å². The number of hydrogen-bond donors (Lipinski definition) is 1. The molecule has 0 spiro atoms. The van der Waals surface area contributed by atoms with E-state index in [9.17, 15) is 23.3 Å². The molecule has 1 heterocycles. The zero-order valence-corrected chi connectivity index (χ0v) is 6.84. The lowest BCUT2D eigenvalue weighted by Crippen LogP contribution is -2.11. The van der Waals surface area contributed by atoms with Crippen molar-refractivity contribution in [2.24, 2.45) is 0 Å². The molecule has 0 aliphatic heterocycles. The number of nitro groups is 1. The van der Waals surface area contributed by atoms with Crippen LogP contribution in [0.1, 0.15) is 11.3 Å². The largest absolute Gasteiger partial charge is 0.433 e. The third-order valence-electron chi connectivity index (χ3n) is 1.57. The fourth-order valence-electron chi connectivity index (χ4n) is 0.958. The minimum atomic E-state index is -4.54. The van der Waals surface area contributed by atoms with Crippen molar-refractivity contribution in [3.63, 3.8) is 0 Å². The molecule has 0 aromatic carbocycles. The second kappa shape index (κ2) is 3.64. The summed E-state index contributed by atoms with van der Waals surface area (Å²) >= 11 is 0. The van der Waals surface area contributed by atoms with E-state index in [-0.39, 0.29) is 12.0 Å². The van der Waals surface area contributed by atoms with Crippen molar-refractivity contribution in [2.45, 2.75) is 12.6 Å². The number of nitrogens with one attached hydrogen (secondary N) is 1. The fourth-order valence-corrected chi connectivity index (χ4v) is 0.958. The Morgan fingerprint density at radius 2 is 2.21 bits per heavy atom. The molecule has 1 aromatic heterocycles. The van der Waals surface area contributed by atoms with Crippen LogP contribution >= 0.6 is 0 Å². The molecule has 0 saturated carbocycles. The number of halogens is 3. The van der Waals surface area contributed by atoms with Crippen LogP contribution in [-0.4, -0.2) is 21.7 Å². The summed E-state index contributed by atoms with van der Waals surface area (Å²) in [6.45, 7) is -0.539. The third-order valence-corrected chi connectivity index (χ3v) is 1.57. The minimum Gasteiger partial charge on any atom is -0.273 e.